The van der Waals surface area contributed by atoms with Crippen molar-refractivity contribution in [3.05, 3.63) is 0 Å². The minimum absolute atomic E-state index is 0. The topological polar surface area (TPSA) is 74.3 Å². The maximum absolute atomic E-state index is 12.6. The number of fused-ring (bicyclic) bond motifs is 2. The summed E-state index contributed by atoms with van der Waals surface area (Å²) in [7, 11) is 5.82. The van der Waals surface area contributed by atoms with Gasteiger partial charge in [-0.3, -0.25) is 44.1 Å². The van der Waals surface area contributed by atoms with Crippen LogP contribution in [0.3, 0.4) is 0 Å². The zero-order valence-electron chi connectivity index (χ0n) is 99.0. The van der Waals surface area contributed by atoms with Crippen molar-refractivity contribution in [3.63, 3.8) is 0 Å². The number of likely N-dealkylation sites (tertiary alicyclic amines) is 9. The molecule has 136 heavy (non-hydrogen) atoms. The van der Waals surface area contributed by atoms with Crippen LogP contribution in [0.4, 0.5) is 13.2 Å². The van der Waals surface area contributed by atoms with Gasteiger partial charge in [-0.05, 0) is 356 Å². The van der Waals surface area contributed by atoms with Crippen LogP contribution in [0.25, 0.3) is 0 Å². The first-order valence-corrected chi connectivity index (χ1v) is 57.7. The molecule has 0 aromatic heterocycles. The largest absolute Gasteiger partial charge is 0.395 e. The Morgan fingerprint density at radius 3 is 1.06 bits per heavy atom. The molecule has 12 rings (SSSR count). The molecule has 0 aromatic rings. The smallest absolute Gasteiger partial charge is 0.393 e. The van der Waals surface area contributed by atoms with Gasteiger partial charge in [0.05, 0.1) is 25.7 Å². The highest BCUT2D eigenvalue weighted by molar-refractivity contribution is 5.07. The highest BCUT2D eigenvalue weighted by atomic mass is 19.4. The van der Waals surface area contributed by atoms with Gasteiger partial charge in [-0.1, -0.05) is 186 Å². The summed E-state index contributed by atoms with van der Waals surface area (Å²) in [6.45, 7) is 110. The highest BCUT2D eigenvalue weighted by Gasteiger charge is 2.55. The molecule has 14 nitrogen and oxygen atoms in total. The van der Waals surface area contributed by atoms with E-state index in [1.807, 2.05) is 39.7 Å². The van der Waals surface area contributed by atoms with Crippen LogP contribution in [-0.2, 0) is 9.47 Å². The number of hydrogen-bond donors (Lipinski definition) is 1. The monoisotopic (exact) mass is 1930 g/mol. The van der Waals surface area contributed by atoms with Crippen LogP contribution in [0.2, 0.25) is 0 Å². The predicted molar refractivity (Wildman–Crippen MR) is 590 cm³/mol. The zero-order chi connectivity index (χ0) is 103. The second kappa shape index (κ2) is 62.5. The van der Waals surface area contributed by atoms with Crippen molar-refractivity contribution in [2.75, 3.05) is 67.3 Å². The molecule has 2 aliphatic carbocycles. The molecule has 0 radical (unpaired) electrons. The van der Waals surface area contributed by atoms with Crippen LogP contribution in [0.5, 0.6) is 0 Å². The van der Waals surface area contributed by atoms with E-state index in [0.29, 0.717) is 78.7 Å². The summed E-state index contributed by atoms with van der Waals surface area (Å²) in [5.74, 6) is 11.9. The van der Waals surface area contributed by atoms with Crippen LogP contribution < -0.4 is 0 Å². The van der Waals surface area contributed by atoms with Gasteiger partial charge in [0.2, 0.25) is 0 Å². The number of aliphatic hydroxyl groups is 1. The van der Waals surface area contributed by atoms with E-state index in [4.69, 9.17) is 9.47 Å². The van der Waals surface area contributed by atoms with Gasteiger partial charge in [-0.2, -0.15) is 13.2 Å². The van der Waals surface area contributed by atoms with E-state index in [-0.39, 0.29) is 32.5 Å². The van der Waals surface area contributed by atoms with Gasteiger partial charge in [0.1, 0.15) is 0 Å². The van der Waals surface area contributed by atoms with Crippen molar-refractivity contribution >= 4 is 0 Å². The van der Waals surface area contributed by atoms with Gasteiger partial charge in [-0.15, -0.1) is 0 Å². The SMILES string of the molecule is C.CC(C)C1CC[C@@H](C(C)C)N1C(C)C.CC(C)[C@@H]1C(C)CCN1C(C)C.CC(C)[C@@H]1C2CC2CN1C(C)C.CC(C)[C@@H]1CC(C(F)(F)F)CN1C(C)C.CC(C)[C@@H]1CC2CCCC2N1C(C)C.CC(C)[C@@H]1CCC(CO)N1C(C)C.CC(C)[C@@H]1CCN(C)N1C(C)C.CCCC1CC[C@@H](C(C)C)N1C(C)C.COCC1CC[C@@H](C(C)C)N1C(C)C.COCC1C[C@@H](C(C)C)N(C(C)C)C1C. The Hall–Kier alpha value is -0.770. The minimum atomic E-state index is -4.03. The lowest BCUT2D eigenvalue weighted by atomic mass is 9.92. The first-order valence-electron chi connectivity index (χ1n) is 57.7. The summed E-state index contributed by atoms with van der Waals surface area (Å²) in [6.07, 6.45) is 21.1. The van der Waals surface area contributed by atoms with Crippen LogP contribution in [0.15, 0.2) is 0 Å². The Balaban J connectivity index is 0.000000511. The first kappa shape index (κ1) is 131. The molecule has 814 valence electrons. The molecule has 0 amide bonds. The summed E-state index contributed by atoms with van der Waals surface area (Å²) < 4.78 is 48.4. The van der Waals surface area contributed by atoms with Gasteiger partial charge in [-0.25, -0.2) is 10.0 Å². The van der Waals surface area contributed by atoms with Crippen LogP contribution in [0, 0.1) is 101 Å². The fraction of sp³-hybridized carbons (Fsp3) is 1.00. The van der Waals surface area contributed by atoms with Crippen molar-refractivity contribution in [2.24, 2.45) is 101 Å². The minimum Gasteiger partial charge on any atom is -0.395 e. The summed E-state index contributed by atoms with van der Waals surface area (Å²) in [5, 5.41) is 14.1. The quantitative estimate of drug-likeness (QED) is 0.0808. The fourth-order valence-corrected chi connectivity index (χ4v) is 28.5. The molecule has 1 N–H and O–H groups in total. The summed E-state index contributed by atoms with van der Waals surface area (Å²) in [6, 6.07) is 18.0. The molecule has 22 atom stereocenters. The maximum atomic E-state index is 12.6. The van der Waals surface area contributed by atoms with E-state index in [2.05, 4.69) is 340 Å². The van der Waals surface area contributed by atoms with Gasteiger partial charge >= 0.3 is 6.18 Å². The first-order chi connectivity index (χ1) is 62.7. The average Bonchev–Trinajstić information content (AvgIpc) is 1.59. The molecule has 10 aliphatic heterocycles. The molecule has 17 heteroatoms. The van der Waals surface area contributed by atoms with E-state index in [1.54, 1.807) is 7.11 Å². The average molecular weight is 1930 g/mol. The zero-order valence-corrected chi connectivity index (χ0v) is 99.0. The third-order valence-corrected chi connectivity index (χ3v) is 34.7. The van der Waals surface area contributed by atoms with E-state index >= 15 is 0 Å². The van der Waals surface area contributed by atoms with Crippen LogP contribution in [0.1, 0.15) is 441 Å². The Bertz CT molecular complexity index is 2890. The van der Waals surface area contributed by atoms with Crippen molar-refractivity contribution in [1.82, 2.24) is 54.1 Å². The van der Waals surface area contributed by atoms with Gasteiger partial charge in [0.25, 0.3) is 0 Å². The van der Waals surface area contributed by atoms with Crippen molar-refractivity contribution in [1.29, 1.82) is 0 Å². The number of halogens is 3. The van der Waals surface area contributed by atoms with Crippen molar-refractivity contribution < 1.29 is 27.8 Å². The van der Waals surface area contributed by atoms with Gasteiger partial charge in [0.15, 0.2) is 0 Å². The standard InChI is InChI=1S/C13H27NO.C13H25N.2C13H27N.C12H25NO.C11H20F3N.C11H23NO.C11H21N.C11H23N.C10H22N2.CH4/c1-9(2)13-7-12(8-15-6)11(5)14(13)10(3)4;1-9(2)13-8-11-6-5-7-12(11)14(13)10(3)4;1-9(2)12-7-8-13(10(3)4)14(12)11(5)6;1-6-7-12-8-9-13(10(2)3)14(12)11(4)5;1-9(2)12-7-6-11(8-14-5)13(12)10(3)4;1-7(2)10-5-9(11(12,13)14)6-15(10)8(3)4;1-8(2)11-6-5-10(7-13)12(11)9(3)4;1-7(2)11-10-5-9(10)6-12(11)8(3)4;1-8(2)11-10(5)6-7-12(11)9(3)4;1-8(2)10-6-7-11(5)12(10)9(3)4;/h9-13H,7-8H2,1-6H3;9-13H,5-8H2,1-4H3;9-13H,7-8H2,1-6H3;10-13H,6-9H2,1-5H3;9-12H,6-8H2,1-5H3;7-10H,5-6H2,1-4H3;8-11,13H,5-7H2,1-4H3;7-11H,5-6H2,1-4H3;8-11H,6-7H2,1-5H3;8-10H,6-7H2,1-5H3;1H4/t2*11?,12?,13-;12-,13?;12?,13-;11?,12-;9?,10-;10?,11-;9?,10?,11-;10?,11-;10-;/m0000000110./s1. The summed E-state index contributed by atoms with van der Waals surface area (Å²) >= 11 is 0. The van der Waals surface area contributed by atoms with E-state index in [9.17, 15) is 18.3 Å². The van der Waals surface area contributed by atoms with Crippen LogP contribution in [-0.4, -0.2) is 290 Å². The van der Waals surface area contributed by atoms with Gasteiger partial charge < -0.3 is 14.6 Å². The second-order valence-corrected chi connectivity index (χ2v) is 51.9. The third kappa shape index (κ3) is 38.4. The molecular formula is C119H244F3N11O3. The Morgan fingerprint density at radius 1 is 0.331 bits per heavy atom. The number of rotatable bonds is 28. The summed E-state index contributed by atoms with van der Waals surface area (Å²) in [5.41, 5.74) is 0. The molecule has 12 fully saturated rings. The second-order valence-electron chi connectivity index (χ2n) is 51.9. The number of ether oxygens (including phenoxy) is 2. The fourth-order valence-electron chi connectivity index (χ4n) is 28.5. The molecule has 12 unspecified atom stereocenters. The number of nitrogens with zero attached hydrogens (tertiary/aromatic N) is 11. The lowest BCUT2D eigenvalue weighted by molar-refractivity contribution is -0.171. The molecule has 10 heterocycles. The normalized spacial score (nSPS) is 31.8. The van der Waals surface area contributed by atoms with E-state index in [0.717, 1.165) is 187 Å². The molecule has 2 saturated carbocycles. The summed E-state index contributed by atoms with van der Waals surface area (Å²) in [4.78, 5) is 23.5. The lowest BCUT2D eigenvalue weighted by Gasteiger charge is -2.37. The Morgan fingerprint density at radius 2 is 0.721 bits per heavy atom. The highest BCUT2D eigenvalue weighted by Crippen LogP contribution is 2.53. The van der Waals surface area contributed by atoms with Crippen molar-refractivity contribution in [3.8, 4) is 0 Å². The number of piperidine rings is 1. The molecule has 12 aliphatic rings. The number of aliphatic hydroxyl groups excluding tert-OH is 1. The molecule has 0 aromatic carbocycles. The third-order valence-electron chi connectivity index (χ3n) is 34.7. The Labute approximate surface area is 849 Å². The Kier molecular flexibility index (Phi) is 60.3. The predicted octanol–water partition coefficient (Wildman–Crippen LogP) is 28.7. The van der Waals surface area contributed by atoms with Gasteiger partial charge in [0, 0.05) is 198 Å². The molecular weight excluding hydrogens is 1690 g/mol. The molecule has 0 spiro atoms. The number of hydrogen-bond acceptors (Lipinski definition) is 14. The lowest BCUT2D eigenvalue weighted by Crippen LogP contribution is -2.45. The molecule has 0 bridgehead atoms. The maximum Gasteiger partial charge on any atom is 0.393 e. The number of methoxy groups -OCH3 is 2. The van der Waals surface area contributed by atoms with E-state index in [1.165, 1.54) is 129 Å². The number of alkyl halides is 3. The van der Waals surface area contributed by atoms with E-state index < -0.39 is 12.1 Å². The number of hydrazine groups is 1. The van der Waals surface area contributed by atoms with Crippen molar-refractivity contribution in [2.45, 2.75) is 604 Å². The molecule has 10 saturated heterocycles. The van der Waals surface area contributed by atoms with Crippen LogP contribution >= 0.6 is 0 Å².